The van der Waals surface area contributed by atoms with Crippen LogP contribution in [0.2, 0.25) is 5.02 Å². The predicted molar refractivity (Wildman–Crippen MR) is 128 cm³/mol. The number of carbonyl (C=O) groups is 2. The monoisotopic (exact) mass is 456 g/mol. The number of hydrogen-bond donors (Lipinski definition) is 1. The zero-order valence-electron chi connectivity index (χ0n) is 19.2. The van der Waals surface area contributed by atoms with Crippen LogP contribution in [-0.4, -0.2) is 35.4 Å². The third-order valence-corrected chi connectivity index (χ3v) is 6.45. The van der Waals surface area contributed by atoms with Crippen LogP contribution in [0.25, 0.3) is 0 Å². The van der Waals surface area contributed by atoms with Gasteiger partial charge in [0.25, 0.3) is 5.91 Å². The Labute approximate surface area is 196 Å². The van der Waals surface area contributed by atoms with Gasteiger partial charge in [-0.25, -0.2) is 0 Å². The highest BCUT2D eigenvalue weighted by Gasteiger charge is 2.31. The van der Waals surface area contributed by atoms with Crippen LogP contribution in [0.5, 0.6) is 5.75 Å². The smallest absolute Gasteiger partial charge is 0.261 e. The predicted octanol–water partition coefficient (Wildman–Crippen LogP) is 5.20. The molecule has 0 saturated heterocycles. The van der Waals surface area contributed by atoms with Crippen LogP contribution >= 0.6 is 11.6 Å². The van der Waals surface area contributed by atoms with E-state index in [1.165, 1.54) is 0 Å². The number of nitrogens with one attached hydrogen (secondary N) is 1. The van der Waals surface area contributed by atoms with Gasteiger partial charge in [-0.1, -0.05) is 61.7 Å². The van der Waals surface area contributed by atoms with Crippen molar-refractivity contribution < 1.29 is 14.3 Å². The van der Waals surface area contributed by atoms with Crippen molar-refractivity contribution in [2.45, 2.75) is 71.5 Å². The number of hydrogen-bond acceptors (Lipinski definition) is 3. The summed E-state index contributed by atoms with van der Waals surface area (Å²) >= 11 is 6.38. The van der Waals surface area contributed by atoms with Gasteiger partial charge in [-0.2, -0.15) is 0 Å². The van der Waals surface area contributed by atoms with E-state index in [0.717, 1.165) is 42.4 Å². The molecule has 1 N–H and O–H groups in total. The first-order valence-corrected chi connectivity index (χ1v) is 11.8. The number of ether oxygens (including phenoxy) is 1. The van der Waals surface area contributed by atoms with E-state index in [2.05, 4.69) is 5.32 Å². The van der Waals surface area contributed by atoms with E-state index < -0.39 is 6.04 Å². The van der Waals surface area contributed by atoms with E-state index in [-0.39, 0.29) is 31.0 Å². The van der Waals surface area contributed by atoms with Crippen molar-refractivity contribution in [3.05, 3.63) is 64.2 Å². The molecular formula is C26H33ClN2O3. The number of carbonyl (C=O) groups excluding carboxylic acids is 2. The number of halogens is 1. The summed E-state index contributed by atoms with van der Waals surface area (Å²) in [5, 5.41) is 3.73. The fraction of sp³-hybridized carbons (Fsp3) is 0.462. The first-order valence-electron chi connectivity index (χ1n) is 11.4. The highest BCUT2D eigenvalue weighted by atomic mass is 35.5. The second kappa shape index (κ2) is 11.4. The molecule has 0 aromatic heterocycles. The minimum atomic E-state index is -0.582. The van der Waals surface area contributed by atoms with Gasteiger partial charge in [-0.3, -0.25) is 9.59 Å². The summed E-state index contributed by atoms with van der Waals surface area (Å²) in [7, 11) is 0. The van der Waals surface area contributed by atoms with Gasteiger partial charge in [0.05, 0.1) is 0 Å². The molecule has 172 valence electrons. The topological polar surface area (TPSA) is 58.6 Å². The Morgan fingerprint density at radius 1 is 1.16 bits per heavy atom. The van der Waals surface area contributed by atoms with Crippen LogP contribution in [-0.2, 0) is 16.1 Å². The molecule has 1 aliphatic carbocycles. The van der Waals surface area contributed by atoms with Gasteiger partial charge in [-0.05, 0) is 61.9 Å². The van der Waals surface area contributed by atoms with E-state index in [9.17, 15) is 9.59 Å². The molecule has 2 aromatic rings. The number of aryl methyl sites for hydroxylation is 2. The Hall–Kier alpha value is -2.53. The number of amides is 2. The SMILES string of the molecule is CC[C@H](C(=O)NC1CCCC1)N(Cc1ccccc1Cl)C(=O)COc1cc(C)ccc1C. The first-order chi connectivity index (χ1) is 15.4. The molecule has 1 atom stereocenters. The molecule has 2 amide bonds. The molecule has 32 heavy (non-hydrogen) atoms. The number of benzene rings is 2. The van der Waals surface area contributed by atoms with Gasteiger partial charge >= 0.3 is 0 Å². The highest BCUT2D eigenvalue weighted by Crippen LogP contribution is 2.23. The third kappa shape index (κ3) is 6.26. The minimum Gasteiger partial charge on any atom is -0.483 e. The molecule has 0 spiro atoms. The third-order valence-electron chi connectivity index (χ3n) is 6.08. The molecule has 0 radical (unpaired) electrons. The Balaban J connectivity index is 1.79. The maximum atomic E-state index is 13.3. The first kappa shape index (κ1) is 24.1. The highest BCUT2D eigenvalue weighted by molar-refractivity contribution is 6.31. The zero-order chi connectivity index (χ0) is 23.1. The van der Waals surface area contributed by atoms with Gasteiger partial charge in [0.2, 0.25) is 5.91 Å². The fourth-order valence-corrected chi connectivity index (χ4v) is 4.38. The van der Waals surface area contributed by atoms with Crippen LogP contribution in [0.15, 0.2) is 42.5 Å². The molecule has 0 aliphatic heterocycles. The van der Waals surface area contributed by atoms with Crippen molar-refractivity contribution in [3.8, 4) is 5.75 Å². The second-order valence-electron chi connectivity index (χ2n) is 8.58. The van der Waals surface area contributed by atoms with Gasteiger partial charge in [0.15, 0.2) is 6.61 Å². The van der Waals surface area contributed by atoms with E-state index in [1.54, 1.807) is 11.0 Å². The Morgan fingerprint density at radius 2 is 1.88 bits per heavy atom. The van der Waals surface area contributed by atoms with Gasteiger partial charge in [0, 0.05) is 17.6 Å². The molecule has 0 bridgehead atoms. The van der Waals surface area contributed by atoms with Gasteiger partial charge in [-0.15, -0.1) is 0 Å². The summed E-state index contributed by atoms with van der Waals surface area (Å²) in [5.74, 6) is 0.338. The van der Waals surface area contributed by atoms with Crippen molar-refractivity contribution in [2.75, 3.05) is 6.61 Å². The summed E-state index contributed by atoms with van der Waals surface area (Å²) in [5.41, 5.74) is 2.83. The maximum absolute atomic E-state index is 13.3. The van der Waals surface area contributed by atoms with Crippen LogP contribution < -0.4 is 10.1 Å². The largest absolute Gasteiger partial charge is 0.483 e. The summed E-state index contributed by atoms with van der Waals surface area (Å²) in [6.45, 7) is 5.98. The lowest BCUT2D eigenvalue weighted by atomic mass is 10.1. The average molecular weight is 457 g/mol. The van der Waals surface area contributed by atoms with Crippen LogP contribution in [0.3, 0.4) is 0 Å². The summed E-state index contributed by atoms with van der Waals surface area (Å²) in [4.78, 5) is 28.1. The maximum Gasteiger partial charge on any atom is 0.261 e. The van der Waals surface area contributed by atoms with Crippen LogP contribution in [0.1, 0.15) is 55.7 Å². The van der Waals surface area contributed by atoms with Gasteiger partial charge in [0.1, 0.15) is 11.8 Å². The molecule has 5 nitrogen and oxygen atoms in total. The molecule has 1 fully saturated rings. The molecule has 1 saturated carbocycles. The van der Waals surface area contributed by atoms with Crippen molar-refractivity contribution in [3.63, 3.8) is 0 Å². The lowest BCUT2D eigenvalue weighted by Crippen LogP contribution is -2.52. The normalized spacial score (nSPS) is 14.8. The number of nitrogens with zero attached hydrogens (tertiary/aromatic N) is 1. The summed E-state index contributed by atoms with van der Waals surface area (Å²) in [6.07, 6.45) is 4.77. The zero-order valence-corrected chi connectivity index (χ0v) is 20.0. The Morgan fingerprint density at radius 3 is 2.56 bits per heavy atom. The molecule has 0 unspecified atom stereocenters. The second-order valence-corrected chi connectivity index (χ2v) is 8.99. The van der Waals surface area contributed by atoms with E-state index in [0.29, 0.717) is 17.2 Å². The molecular weight excluding hydrogens is 424 g/mol. The molecule has 1 aliphatic rings. The Bertz CT molecular complexity index is 940. The van der Waals surface area contributed by atoms with Crippen molar-refractivity contribution in [1.29, 1.82) is 0 Å². The standard InChI is InChI=1S/C26H33ClN2O3/c1-4-23(26(31)28-21-10-6-7-11-21)29(16-20-9-5-8-12-22(20)27)25(30)17-32-24-15-18(2)13-14-19(24)3/h5,8-9,12-15,21,23H,4,6-7,10-11,16-17H2,1-3H3,(H,28,31)/t23-/m1/s1. The quantitative estimate of drug-likeness (QED) is 0.564. The van der Waals surface area contributed by atoms with Crippen LogP contribution in [0.4, 0.5) is 0 Å². The van der Waals surface area contributed by atoms with Crippen LogP contribution in [0, 0.1) is 13.8 Å². The lowest BCUT2D eigenvalue weighted by Gasteiger charge is -2.31. The minimum absolute atomic E-state index is 0.105. The van der Waals surface area contributed by atoms with Crippen molar-refractivity contribution in [2.24, 2.45) is 0 Å². The van der Waals surface area contributed by atoms with Crippen molar-refractivity contribution >= 4 is 23.4 Å². The number of rotatable bonds is 9. The summed E-state index contributed by atoms with van der Waals surface area (Å²) < 4.78 is 5.88. The van der Waals surface area contributed by atoms with E-state index >= 15 is 0 Å². The molecule has 3 rings (SSSR count). The molecule has 0 heterocycles. The Kier molecular flexibility index (Phi) is 8.57. The molecule has 6 heteroatoms. The molecule has 2 aromatic carbocycles. The van der Waals surface area contributed by atoms with E-state index in [1.807, 2.05) is 57.2 Å². The summed E-state index contributed by atoms with van der Waals surface area (Å²) in [6, 6.07) is 12.9. The van der Waals surface area contributed by atoms with E-state index in [4.69, 9.17) is 16.3 Å². The van der Waals surface area contributed by atoms with Crippen molar-refractivity contribution in [1.82, 2.24) is 10.2 Å². The average Bonchev–Trinajstić information content (AvgIpc) is 3.28. The van der Waals surface area contributed by atoms with Gasteiger partial charge < -0.3 is 15.0 Å². The fourth-order valence-electron chi connectivity index (χ4n) is 4.18. The lowest BCUT2D eigenvalue weighted by molar-refractivity contribution is -0.143.